The SMILES string of the molecule is CCOC(=O)CNP(O)C/C=C/CC(C/C(C)=C/Cc1c(OC)c(C)c2c(c1OCC[Si](C)(C)C)C(=O)OC2)C(=O)OCC[Si](C)(C)C. The number of allylic oxidation sites excluding steroid dienone is 4. The monoisotopic (exact) mass is 723 g/mol. The summed E-state index contributed by atoms with van der Waals surface area (Å²) in [6, 6.07) is 1.83. The van der Waals surface area contributed by atoms with Crippen molar-refractivity contribution in [2.45, 2.75) is 98.0 Å². The van der Waals surface area contributed by atoms with Crippen LogP contribution >= 0.6 is 8.30 Å². The smallest absolute Gasteiger partial charge is 0.342 e. The Morgan fingerprint density at radius 2 is 1.71 bits per heavy atom. The van der Waals surface area contributed by atoms with Crippen LogP contribution in [0.15, 0.2) is 23.8 Å². The Kier molecular flexibility index (Phi) is 17.0. The van der Waals surface area contributed by atoms with Crippen molar-refractivity contribution < 1.29 is 43.0 Å². The molecule has 2 N–H and O–H groups in total. The molecule has 13 heteroatoms. The number of esters is 3. The summed E-state index contributed by atoms with van der Waals surface area (Å²) in [5.74, 6) is -0.245. The van der Waals surface area contributed by atoms with Crippen molar-refractivity contribution in [1.29, 1.82) is 0 Å². The minimum atomic E-state index is -1.58. The molecule has 0 aromatic heterocycles. The van der Waals surface area contributed by atoms with Crippen LogP contribution < -0.4 is 14.6 Å². The Balaban J connectivity index is 2.27. The molecule has 2 rings (SSSR count). The zero-order chi connectivity index (χ0) is 36.1. The van der Waals surface area contributed by atoms with Gasteiger partial charge >= 0.3 is 17.9 Å². The highest BCUT2D eigenvalue weighted by Gasteiger charge is 2.33. The molecule has 10 nitrogen and oxygen atoms in total. The van der Waals surface area contributed by atoms with E-state index < -0.39 is 36.3 Å². The highest BCUT2D eigenvalue weighted by Crippen LogP contribution is 2.43. The van der Waals surface area contributed by atoms with E-state index in [1.807, 2.05) is 26.0 Å². The first-order chi connectivity index (χ1) is 22.5. The zero-order valence-electron chi connectivity index (χ0n) is 30.7. The van der Waals surface area contributed by atoms with E-state index in [0.29, 0.717) is 55.7 Å². The van der Waals surface area contributed by atoms with Gasteiger partial charge in [-0.3, -0.25) is 14.7 Å². The molecule has 0 bridgehead atoms. The standard InChI is InChI=1S/C35H58NO9PSi2/c1-11-42-30(37)23-36-46(40)19-13-12-14-27(34(38)44-18-21-48(8,9)10)22-25(2)15-16-28-32(41-4)26(3)29-24-45-35(39)31(29)33(28)43-17-20-47(5,6)7/h12-13,15,27,36,40H,11,14,16-24H2,1-10H3/b13-12+,25-15+. The van der Waals surface area contributed by atoms with Crippen molar-refractivity contribution in [3.05, 3.63) is 46.1 Å². The van der Waals surface area contributed by atoms with Crippen LogP contribution in [-0.4, -0.2) is 78.6 Å². The minimum Gasteiger partial charge on any atom is -0.496 e. The largest absolute Gasteiger partial charge is 0.496 e. The molecule has 0 spiro atoms. The van der Waals surface area contributed by atoms with Gasteiger partial charge in [0, 0.05) is 33.4 Å². The molecule has 2 unspecified atom stereocenters. The second kappa shape index (κ2) is 19.6. The normalized spacial score (nSPS) is 14.8. The van der Waals surface area contributed by atoms with Crippen LogP contribution in [0.4, 0.5) is 0 Å². The first kappa shape index (κ1) is 41.7. The van der Waals surface area contributed by atoms with Gasteiger partial charge in [-0.1, -0.05) is 63.1 Å². The van der Waals surface area contributed by atoms with E-state index >= 15 is 0 Å². The van der Waals surface area contributed by atoms with Gasteiger partial charge in [-0.15, -0.1) is 0 Å². The van der Waals surface area contributed by atoms with Crippen molar-refractivity contribution in [2.75, 3.05) is 39.6 Å². The van der Waals surface area contributed by atoms with Crippen molar-refractivity contribution in [2.24, 2.45) is 5.92 Å². The second-order valence-corrected chi connectivity index (χ2v) is 27.3. The Labute approximate surface area is 290 Å². The van der Waals surface area contributed by atoms with Crippen molar-refractivity contribution in [1.82, 2.24) is 5.09 Å². The van der Waals surface area contributed by atoms with Crippen molar-refractivity contribution in [3.8, 4) is 11.5 Å². The molecule has 1 aromatic carbocycles. The number of methoxy groups -OCH3 is 1. The van der Waals surface area contributed by atoms with Gasteiger partial charge < -0.3 is 28.6 Å². The number of nitrogens with one attached hydrogen (secondary N) is 1. The third-order valence-corrected chi connectivity index (χ3v) is 12.4. The molecule has 1 heterocycles. The first-order valence-corrected chi connectivity index (χ1v) is 25.7. The van der Waals surface area contributed by atoms with E-state index in [0.717, 1.165) is 34.4 Å². The van der Waals surface area contributed by atoms with E-state index in [9.17, 15) is 19.3 Å². The number of hydrogen-bond donors (Lipinski definition) is 2. The quantitative estimate of drug-likeness (QED) is 0.0443. The van der Waals surface area contributed by atoms with Crippen LogP contribution in [0.2, 0.25) is 51.4 Å². The Morgan fingerprint density at radius 3 is 2.33 bits per heavy atom. The van der Waals surface area contributed by atoms with E-state index in [1.165, 1.54) is 0 Å². The summed E-state index contributed by atoms with van der Waals surface area (Å²) >= 11 is 0. The number of hydrogen-bond acceptors (Lipinski definition) is 10. The van der Waals surface area contributed by atoms with E-state index in [4.69, 9.17) is 23.7 Å². The minimum absolute atomic E-state index is 0.0549. The van der Waals surface area contributed by atoms with Crippen molar-refractivity contribution >= 4 is 42.4 Å². The molecule has 0 aliphatic carbocycles. The van der Waals surface area contributed by atoms with Gasteiger partial charge in [0.05, 0.1) is 39.4 Å². The first-order valence-electron chi connectivity index (χ1n) is 16.8. The van der Waals surface area contributed by atoms with Gasteiger partial charge in [-0.25, -0.2) is 4.79 Å². The Morgan fingerprint density at radius 1 is 1.04 bits per heavy atom. The average molecular weight is 724 g/mol. The lowest BCUT2D eigenvalue weighted by Gasteiger charge is -2.22. The number of fused-ring (bicyclic) bond motifs is 1. The zero-order valence-corrected chi connectivity index (χ0v) is 33.6. The average Bonchev–Trinajstić information content (AvgIpc) is 3.38. The molecule has 0 fully saturated rings. The molecule has 0 saturated carbocycles. The van der Waals surface area contributed by atoms with Crippen LogP contribution in [0.1, 0.15) is 53.7 Å². The van der Waals surface area contributed by atoms with Gasteiger partial charge in [0.1, 0.15) is 32.0 Å². The molecule has 0 saturated heterocycles. The van der Waals surface area contributed by atoms with E-state index in [2.05, 4.69) is 50.4 Å². The molecular formula is C35H58NO9PSi2. The van der Waals surface area contributed by atoms with E-state index in [-0.39, 0.29) is 31.7 Å². The van der Waals surface area contributed by atoms with Gasteiger partial charge in [-0.2, -0.15) is 0 Å². The number of cyclic esters (lactones) is 1. The van der Waals surface area contributed by atoms with E-state index in [1.54, 1.807) is 14.0 Å². The summed E-state index contributed by atoms with van der Waals surface area (Å²) in [7, 11) is -2.73. The summed E-state index contributed by atoms with van der Waals surface area (Å²) in [4.78, 5) is 48.0. The van der Waals surface area contributed by atoms with Gasteiger partial charge in [0.15, 0.2) is 0 Å². The summed E-state index contributed by atoms with van der Waals surface area (Å²) in [5.41, 5.74) is 3.95. The third-order valence-electron chi connectivity index (χ3n) is 7.95. The third kappa shape index (κ3) is 14.2. The highest BCUT2D eigenvalue weighted by atomic mass is 31.2. The molecule has 1 aliphatic rings. The number of ether oxygens (including phenoxy) is 5. The van der Waals surface area contributed by atoms with Crippen LogP contribution in [0.25, 0.3) is 0 Å². The molecule has 1 aromatic rings. The molecule has 48 heavy (non-hydrogen) atoms. The predicted octanol–water partition coefficient (Wildman–Crippen LogP) is 7.17. The summed E-state index contributed by atoms with van der Waals surface area (Å²) in [6.45, 7) is 20.6. The molecule has 0 radical (unpaired) electrons. The fraction of sp³-hybridized carbons (Fsp3) is 0.629. The highest BCUT2D eigenvalue weighted by molar-refractivity contribution is 7.49. The number of carbonyl (C=O) groups is 3. The molecule has 1 aliphatic heterocycles. The summed E-state index contributed by atoms with van der Waals surface area (Å²) in [6.07, 6.45) is 7.48. The lowest BCUT2D eigenvalue weighted by Crippen LogP contribution is -2.25. The van der Waals surface area contributed by atoms with Crippen LogP contribution in [-0.2, 0) is 36.8 Å². The lowest BCUT2D eigenvalue weighted by atomic mass is 9.93. The van der Waals surface area contributed by atoms with Crippen LogP contribution in [0.5, 0.6) is 11.5 Å². The van der Waals surface area contributed by atoms with Gasteiger partial charge in [0.2, 0.25) is 0 Å². The topological polar surface area (TPSA) is 130 Å². The maximum atomic E-state index is 13.3. The number of carbonyl (C=O) groups excluding carboxylic acids is 3. The van der Waals surface area contributed by atoms with Crippen LogP contribution in [0.3, 0.4) is 0 Å². The van der Waals surface area contributed by atoms with Crippen LogP contribution in [0, 0.1) is 12.8 Å². The summed E-state index contributed by atoms with van der Waals surface area (Å²) in [5, 5.41) is 2.79. The molecule has 270 valence electrons. The lowest BCUT2D eigenvalue weighted by molar-refractivity contribution is -0.148. The maximum Gasteiger partial charge on any atom is 0.342 e. The van der Waals surface area contributed by atoms with Crippen molar-refractivity contribution in [3.63, 3.8) is 0 Å². The number of benzene rings is 1. The maximum absolute atomic E-state index is 13.3. The second-order valence-electron chi connectivity index (χ2n) is 14.6. The Bertz CT molecular complexity index is 1320. The molecule has 2 atom stereocenters. The Hall–Kier alpha value is -2.51. The molecular weight excluding hydrogens is 666 g/mol. The van der Waals surface area contributed by atoms with Gasteiger partial charge in [0.25, 0.3) is 0 Å². The summed E-state index contributed by atoms with van der Waals surface area (Å²) < 4.78 is 28.3. The number of rotatable bonds is 21. The molecule has 0 amide bonds. The predicted molar refractivity (Wildman–Crippen MR) is 198 cm³/mol. The fourth-order valence-corrected chi connectivity index (χ4v) is 7.30. The van der Waals surface area contributed by atoms with Gasteiger partial charge in [-0.05, 0) is 57.7 Å². The fourth-order valence-electron chi connectivity index (χ4n) is 5.08.